The molecule has 0 bridgehead atoms. The third kappa shape index (κ3) is 4.46. The molecular formula is C18H21Cl2IN2O4. The van der Waals surface area contributed by atoms with Gasteiger partial charge in [-0.25, -0.2) is 4.79 Å². The van der Waals surface area contributed by atoms with E-state index in [0.717, 1.165) is 0 Å². The number of amides is 2. The van der Waals surface area contributed by atoms with Gasteiger partial charge in [-0.3, -0.25) is 4.79 Å². The molecule has 0 aromatic heterocycles. The Labute approximate surface area is 182 Å². The number of ether oxygens (including phenoxy) is 2. The highest BCUT2D eigenvalue weighted by Gasteiger charge is 2.37. The van der Waals surface area contributed by atoms with Gasteiger partial charge in [0.25, 0.3) is 5.91 Å². The average Bonchev–Trinajstić information content (AvgIpc) is 2.58. The highest BCUT2D eigenvalue weighted by atomic mass is 127. The zero-order chi connectivity index (χ0) is 19.9. The summed E-state index contributed by atoms with van der Waals surface area (Å²) in [6.45, 7) is 7.19. The third-order valence-electron chi connectivity index (χ3n) is 4.45. The molecule has 0 radical (unpaired) electrons. The van der Waals surface area contributed by atoms with Gasteiger partial charge in [0.05, 0.1) is 32.9 Å². The Hall–Kier alpha value is -0.770. The van der Waals surface area contributed by atoms with Crippen molar-refractivity contribution in [3.63, 3.8) is 0 Å². The van der Waals surface area contributed by atoms with Crippen LogP contribution in [0.25, 0.3) is 0 Å². The van der Waals surface area contributed by atoms with Crippen molar-refractivity contribution in [2.24, 2.45) is 0 Å². The van der Waals surface area contributed by atoms with E-state index in [4.69, 9.17) is 32.7 Å². The topological polar surface area (TPSA) is 59.1 Å². The summed E-state index contributed by atoms with van der Waals surface area (Å²) in [6.07, 6.45) is -0.377. The van der Waals surface area contributed by atoms with Crippen molar-refractivity contribution in [2.45, 2.75) is 39.0 Å². The highest BCUT2D eigenvalue weighted by Crippen LogP contribution is 2.35. The number of hydrogen-bond acceptors (Lipinski definition) is 4. The van der Waals surface area contributed by atoms with E-state index < -0.39 is 5.60 Å². The molecule has 0 N–H and O–H groups in total. The molecule has 1 atom stereocenters. The Morgan fingerprint density at radius 2 is 2.04 bits per heavy atom. The first-order chi connectivity index (χ1) is 12.6. The van der Waals surface area contributed by atoms with E-state index in [0.29, 0.717) is 51.0 Å². The SMILES string of the molecule is CC(C)(C)OC(=O)N1CCN2C(=O)c3cc(Cl)c(I)c(Cl)c3COC[C@@H]2C1. The van der Waals surface area contributed by atoms with Crippen molar-refractivity contribution >= 4 is 57.8 Å². The van der Waals surface area contributed by atoms with E-state index in [1.54, 1.807) is 15.9 Å². The number of nitrogens with zero attached hydrogens (tertiary/aromatic N) is 2. The molecule has 0 aliphatic carbocycles. The maximum atomic E-state index is 13.2. The number of carbonyl (C=O) groups is 2. The Kier molecular flexibility index (Phi) is 6.15. The first-order valence-electron chi connectivity index (χ1n) is 8.61. The molecule has 27 heavy (non-hydrogen) atoms. The van der Waals surface area contributed by atoms with Crippen LogP contribution in [0.1, 0.15) is 36.7 Å². The summed E-state index contributed by atoms with van der Waals surface area (Å²) in [7, 11) is 0. The maximum Gasteiger partial charge on any atom is 0.410 e. The normalized spacial score (nSPS) is 20.5. The van der Waals surface area contributed by atoms with Gasteiger partial charge in [-0.15, -0.1) is 0 Å². The Morgan fingerprint density at radius 3 is 2.70 bits per heavy atom. The lowest BCUT2D eigenvalue weighted by Crippen LogP contribution is -2.59. The van der Waals surface area contributed by atoms with Crippen LogP contribution >= 0.6 is 45.8 Å². The van der Waals surface area contributed by atoms with E-state index in [9.17, 15) is 9.59 Å². The van der Waals surface area contributed by atoms with Crippen molar-refractivity contribution in [1.82, 2.24) is 9.80 Å². The zero-order valence-corrected chi connectivity index (χ0v) is 19.0. The summed E-state index contributed by atoms with van der Waals surface area (Å²) >= 11 is 14.7. The number of rotatable bonds is 0. The van der Waals surface area contributed by atoms with E-state index in [1.165, 1.54) is 0 Å². The van der Waals surface area contributed by atoms with Crippen LogP contribution in [0.4, 0.5) is 4.79 Å². The molecule has 1 saturated heterocycles. The van der Waals surface area contributed by atoms with Crippen molar-refractivity contribution in [2.75, 3.05) is 26.2 Å². The minimum absolute atomic E-state index is 0.137. The predicted molar refractivity (Wildman–Crippen MR) is 111 cm³/mol. The molecule has 0 unspecified atom stereocenters. The van der Waals surface area contributed by atoms with Gasteiger partial charge in [-0.2, -0.15) is 0 Å². The molecule has 2 heterocycles. The van der Waals surface area contributed by atoms with Gasteiger partial charge >= 0.3 is 6.09 Å². The average molecular weight is 527 g/mol. The third-order valence-corrected chi connectivity index (χ3v) is 6.92. The van der Waals surface area contributed by atoms with Crippen LogP contribution < -0.4 is 0 Å². The molecule has 1 aromatic rings. The smallest absolute Gasteiger partial charge is 0.410 e. The van der Waals surface area contributed by atoms with E-state index in [2.05, 4.69) is 22.6 Å². The lowest BCUT2D eigenvalue weighted by Gasteiger charge is -2.42. The molecule has 2 aliphatic rings. The quantitative estimate of drug-likeness (QED) is 0.376. The minimum atomic E-state index is -0.564. The summed E-state index contributed by atoms with van der Waals surface area (Å²) in [5, 5.41) is 0.898. The largest absolute Gasteiger partial charge is 0.444 e. The predicted octanol–water partition coefficient (Wildman–Crippen LogP) is 4.19. The molecule has 1 aromatic carbocycles. The summed E-state index contributed by atoms with van der Waals surface area (Å²) in [5.74, 6) is -0.137. The van der Waals surface area contributed by atoms with Gasteiger partial charge in [0.15, 0.2) is 0 Å². The molecule has 2 aliphatic heterocycles. The molecule has 0 saturated carbocycles. The Bertz CT molecular complexity index is 782. The second-order valence-corrected chi connectivity index (χ2v) is 9.47. The lowest BCUT2D eigenvalue weighted by atomic mass is 10.0. The molecule has 6 nitrogen and oxygen atoms in total. The van der Waals surface area contributed by atoms with Gasteiger partial charge in [-0.05, 0) is 49.4 Å². The van der Waals surface area contributed by atoms with Crippen LogP contribution in [-0.2, 0) is 16.1 Å². The molecule has 3 rings (SSSR count). The van der Waals surface area contributed by atoms with Crippen LogP contribution in [0.15, 0.2) is 6.07 Å². The zero-order valence-electron chi connectivity index (χ0n) is 15.4. The van der Waals surface area contributed by atoms with Crippen LogP contribution in [0.2, 0.25) is 10.0 Å². The monoisotopic (exact) mass is 526 g/mol. The van der Waals surface area contributed by atoms with Gasteiger partial charge in [0.1, 0.15) is 5.60 Å². The minimum Gasteiger partial charge on any atom is -0.444 e. The molecular weight excluding hydrogens is 506 g/mol. The molecule has 9 heteroatoms. The van der Waals surface area contributed by atoms with Crippen LogP contribution in [0, 0.1) is 3.57 Å². The van der Waals surface area contributed by atoms with Gasteiger partial charge in [0, 0.05) is 30.8 Å². The van der Waals surface area contributed by atoms with E-state index in [-0.39, 0.29) is 24.6 Å². The van der Waals surface area contributed by atoms with Crippen molar-refractivity contribution in [1.29, 1.82) is 0 Å². The number of halogens is 3. The number of hydrogen-bond donors (Lipinski definition) is 0. The summed E-state index contributed by atoms with van der Waals surface area (Å²) in [4.78, 5) is 28.9. The lowest BCUT2D eigenvalue weighted by molar-refractivity contribution is -0.0158. The number of carbonyl (C=O) groups excluding carboxylic acids is 2. The summed E-state index contributed by atoms with van der Waals surface area (Å²) in [6, 6.07) is 1.41. The fraction of sp³-hybridized carbons (Fsp3) is 0.556. The van der Waals surface area contributed by atoms with Crippen LogP contribution in [0.5, 0.6) is 0 Å². The molecule has 2 amide bonds. The van der Waals surface area contributed by atoms with Gasteiger partial charge in [0.2, 0.25) is 0 Å². The second kappa shape index (κ2) is 7.93. The van der Waals surface area contributed by atoms with Crippen molar-refractivity contribution in [3.05, 3.63) is 30.8 Å². The van der Waals surface area contributed by atoms with Crippen LogP contribution in [0.3, 0.4) is 0 Å². The number of piperazine rings is 1. The van der Waals surface area contributed by atoms with Crippen molar-refractivity contribution < 1.29 is 19.1 Å². The second-order valence-electron chi connectivity index (χ2n) is 7.61. The Balaban J connectivity index is 1.83. The van der Waals surface area contributed by atoms with Crippen molar-refractivity contribution in [3.8, 4) is 0 Å². The van der Waals surface area contributed by atoms with E-state index >= 15 is 0 Å². The molecule has 0 spiro atoms. The van der Waals surface area contributed by atoms with E-state index in [1.807, 2.05) is 20.8 Å². The fourth-order valence-electron chi connectivity index (χ4n) is 3.17. The standard InChI is InChI=1S/C18H21Cl2IN2O4/c1-18(2,3)27-17(25)22-4-5-23-10(7-22)8-26-9-12-11(16(23)24)6-13(19)15(21)14(12)20/h6,10H,4-5,7-9H2,1-3H3/t10-/m0/s1. The Morgan fingerprint density at radius 1 is 1.33 bits per heavy atom. The fourth-order valence-corrected chi connectivity index (χ4v) is 4.17. The first kappa shape index (κ1) is 21.0. The molecule has 1 fully saturated rings. The number of fused-ring (bicyclic) bond motifs is 2. The molecule has 148 valence electrons. The summed E-state index contributed by atoms with van der Waals surface area (Å²) in [5.41, 5.74) is 0.551. The van der Waals surface area contributed by atoms with Gasteiger partial charge < -0.3 is 19.3 Å². The van der Waals surface area contributed by atoms with Gasteiger partial charge in [-0.1, -0.05) is 23.2 Å². The maximum absolute atomic E-state index is 13.2. The highest BCUT2D eigenvalue weighted by molar-refractivity contribution is 14.1. The number of benzene rings is 1. The first-order valence-corrected chi connectivity index (χ1v) is 10.4. The van der Waals surface area contributed by atoms with Crippen LogP contribution in [-0.4, -0.2) is 59.7 Å². The summed E-state index contributed by atoms with van der Waals surface area (Å²) < 4.78 is 12.0.